The Bertz CT molecular complexity index is 713. The summed E-state index contributed by atoms with van der Waals surface area (Å²) in [6, 6.07) is 0. The lowest BCUT2D eigenvalue weighted by Crippen LogP contribution is -2.73. The average molecular weight is 346 g/mol. The first kappa shape index (κ1) is 17.0. The molecule has 3 aliphatic carbocycles. The molecule has 0 unspecified atom stereocenters. The molecule has 4 rings (SSSR count). The molecule has 7 atom stereocenters. The van der Waals surface area contributed by atoms with Crippen molar-refractivity contribution < 1.29 is 24.5 Å². The Kier molecular flexibility index (Phi) is 3.14. The monoisotopic (exact) mass is 346 g/mol. The van der Waals surface area contributed by atoms with Crippen LogP contribution in [0.3, 0.4) is 0 Å². The van der Waals surface area contributed by atoms with E-state index in [0.717, 1.165) is 0 Å². The van der Waals surface area contributed by atoms with Gasteiger partial charge in [0.25, 0.3) is 0 Å². The van der Waals surface area contributed by atoms with Crippen molar-refractivity contribution in [2.45, 2.75) is 63.3 Å². The largest absolute Gasteiger partial charge is 0.460 e. The number of ether oxygens (including phenoxy) is 1. The van der Waals surface area contributed by atoms with Crippen LogP contribution in [0.1, 0.15) is 46.0 Å². The van der Waals surface area contributed by atoms with Crippen molar-refractivity contribution in [2.24, 2.45) is 22.7 Å². The van der Waals surface area contributed by atoms with Gasteiger partial charge in [-0.1, -0.05) is 20.1 Å². The Labute approximate surface area is 147 Å². The molecule has 25 heavy (non-hydrogen) atoms. The van der Waals surface area contributed by atoms with E-state index in [0.29, 0.717) is 31.3 Å². The van der Waals surface area contributed by atoms with Crippen molar-refractivity contribution in [3.05, 3.63) is 24.8 Å². The number of hydrogen-bond acceptors (Lipinski definition) is 5. The number of fused-ring (bicyclic) bond motifs is 5. The highest BCUT2D eigenvalue weighted by Gasteiger charge is 2.79. The second-order valence-corrected chi connectivity index (χ2v) is 8.81. The number of Topliss-reactive ketones (excluding diaryl/α,β-unsaturated/α-hetero) is 1. The summed E-state index contributed by atoms with van der Waals surface area (Å²) in [5.74, 6) is -1.33. The third-order valence-electron chi connectivity index (χ3n) is 8.17. The minimum Gasteiger partial charge on any atom is -0.460 e. The molecule has 0 bridgehead atoms. The maximum Gasteiger partial charge on any atom is 0.318 e. The summed E-state index contributed by atoms with van der Waals surface area (Å²) in [5.41, 5.74) is -4.12. The molecule has 0 spiro atoms. The molecule has 4 fully saturated rings. The van der Waals surface area contributed by atoms with Gasteiger partial charge in [-0.15, -0.1) is 0 Å². The Hall–Kier alpha value is -1.46. The van der Waals surface area contributed by atoms with E-state index >= 15 is 0 Å². The smallest absolute Gasteiger partial charge is 0.318 e. The topological polar surface area (TPSA) is 83.8 Å². The molecule has 0 amide bonds. The third-order valence-corrected chi connectivity index (χ3v) is 8.17. The van der Waals surface area contributed by atoms with Crippen LogP contribution in [0.5, 0.6) is 0 Å². The van der Waals surface area contributed by atoms with Crippen LogP contribution in [0, 0.1) is 22.7 Å². The Morgan fingerprint density at radius 3 is 2.52 bits per heavy atom. The molecular formula is C20H26O5. The minimum atomic E-state index is -1.75. The standard InChI is InChI=1S/C20H26O5/c1-5-19(23)11(2)6-7-13-12(15(19)21)10-20(24)17(13,3)9-8-14-18(20,4)16(22)25-14/h5,12-14,23-24H,1-2,6-10H2,3-4H3/t12-,13-,14-,17+,18+,19+,20+/m1/s1. The Balaban J connectivity index is 1.83. The fourth-order valence-corrected chi connectivity index (χ4v) is 6.32. The molecule has 1 saturated heterocycles. The van der Waals surface area contributed by atoms with E-state index in [-0.39, 0.29) is 30.2 Å². The van der Waals surface area contributed by atoms with Crippen LogP contribution in [-0.4, -0.2) is 39.3 Å². The number of rotatable bonds is 1. The number of hydrogen-bond donors (Lipinski definition) is 2. The SMILES string of the molecule is C=C[C@]1(O)C(=C)CC[C@@H]2[C@@H](C[C@]3(O)[C@@]2(C)CC[C@H]2OC(=O)[C@]23C)C1=O. The van der Waals surface area contributed by atoms with Crippen LogP contribution in [0.2, 0.25) is 0 Å². The summed E-state index contributed by atoms with van der Waals surface area (Å²) in [5, 5.41) is 22.6. The summed E-state index contributed by atoms with van der Waals surface area (Å²) >= 11 is 0. The zero-order valence-electron chi connectivity index (χ0n) is 14.9. The molecular weight excluding hydrogens is 320 g/mol. The molecule has 0 radical (unpaired) electrons. The first-order valence-electron chi connectivity index (χ1n) is 9.08. The molecule has 3 saturated carbocycles. The van der Waals surface area contributed by atoms with Crippen LogP contribution in [0.25, 0.3) is 0 Å². The summed E-state index contributed by atoms with van der Waals surface area (Å²) in [6.07, 6.45) is 3.72. The van der Waals surface area contributed by atoms with E-state index in [1.807, 2.05) is 6.92 Å². The zero-order valence-corrected chi connectivity index (χ0v) is 14.9. The highest BCUT2D eigenvalue weighted by Crippen LogP contribution is 2.70. The molecule has 136 valence electrons. The van der Waals surface area contributed by atoms with Crippen LogP contribution >= 0.6 is 0 Å². The second-order valence-electron chi connectivity index (χ2n) is 8.81. The maximum atomic E-state index is 13.2. The van der Waals surface area contributed by atoms with E-state index in [9.17, 15) is 19.8 Å². The molecule has 5 heteroatoms. The Morgan fingerprint density at radius 2 is 1.92 bits per heavy atom. The molecule has 4 aliphatic rings. The van der Waals surface area contributed by atoms with Crippen LogP contribution in [-0.2, 0) is 14.3 Å². The average Bonchev–Trinajstić information content (AvgIpc) is 2.77. The van der Waals surface area contributed by atoms with Crippen molar-refractivity contribution in [1.29, 1.82) is 0 Å². The first-order chi connectivity index (χ1) is 11.6. The van der Waals surface area contributed by atoms with Gasteiger partial charge in [0, 0.05) is 11.3 Å². The zero-order chi connectivity index (χ0) is 18.4. The quantitative estimate of drug-likeness (QED) is 0.560. The van der Waals surface area contributed by atoms with Gasteiger partial charge in [-0.3, -0.25) is 9.59 Å². The second kappa shape index (κ2) is 4.63. The van der Waals surface area contributed by atoms with Crippen LogP contribution in [0.4, 0.5) is 0 Å². The number of aliphatic hydroxyl groups is 2. The van der Waals surface area contributed by atoms with E-state index in [4.69, 9.17) is 4.74 Å². The van der Waals surface area contributed by atoms with Gasteiger partial charge in [-0.25, -0.2) is 0 Å². The van der Waals surface area contributed by atoms with Gasteiger partial charge in [0.05, 0.1) is 5.60 Å². The summed E-state index contributed by atoms with van der Waals surface area (Å²) in [6.45, 7) is 11.3. The van der Waals surface area contributed by atoms with E-state index < -0.39 is 27.9 Å². The predicted octanol–water partition coefficient (Wildman–Crippen LogP) is 1.92. The van der Waals surface area contributed by atoms with Gasteiger partial charge in [0.1, 0.15) is 11.5 Å². The van der Waals surface area contributed by atoms with Crippen molar-refractivity contribution in [1.82, 2.24) is 0 Å². The van der Waals surface area contributed by atoms with Gasteiger partial charge in [0.15, 0.2) is 11.4 Å². The van der Waals surface area contributed by atoms with E-state index in [2.05, 4.69) is 13.2 Å². The molecule has 5 nitrogen and oxygen atoms in total. The normalized spacial score (nSPS) is 54.6. The minimum absolute atomic E-state index is 0.0955. The highest BCUT2D eigenvalue weighted by molar-refractivity contribution is 5.96. The van der Waals surface area contributed by atoms with Gasteiger partial charge in [0.2, 0.25) is 0 Å². The lowest BCUT2D eigenvalue weighted by molar-refractivity contribution is -0.284. The highest BCUT2D eigenvalue weighted by atomic mass is 16.6. The first-order valence-corrected chi connectivity index (χ1v) is 9.08. The Morgan fingerprint density at radius 1 is 1.24 bits per heavy atom. The van der Waals surface area contributed by atoms with Crippen molar-refractivity contribution in [3.63, 3.8) is 0 Å². The molecule has 1 heterocycles. The van der Waals surface area contributed by atoms with Gasteiger partial charge in [-0.05, 0) is 56.6 Å². The molecule has 0 aromatic rings. The molecule has 2 N–H and O–H groups in total. The van der Waals surface area contributed by atoms with Crippen LogP contribution in [0.15, 0.2) is 24.8 Å². The van der Waals surface area contributed by atoms with Gasteiger partial charge in [-0.2, -0.15) is 0 Å². The maximum absolute atomic E-state index is 13.2. The molecule has 0 aromatic heterocycles. The van der Waals surface area contributed by atoms with Crippen molar-refractivity contribution in [3.8, 4) is 0 Å². The lowest BCUT2D eigenvalue weighted by atomic mass is 9.49. The lowest BCUT2D eigenvalue weighted by Gasteiger charge is -2.62. The fourth-order valence-electron chi connectivity index (χ4n) is 6.32. The number of esters is 1. The number of carbonyl (C=O) groups excluding carboxylic acids is 2. The number of carbonyl (C=O) groups is 2. The van der Waals surface area contributed by atoms with Crippen molar-refractivity contribution >= 4 is 11.8 Å². The fraction of sp³-hybridized carbons (Fsp3) is 0.700. The summed E-state index contributed by atoms with van der Waals surface area (Å²) < 4.78 is 5.28. The molecule has 0 aromatic carbocycles. The van der Waals surface area contributed by atoms with Gasteiger partial charge < -0.3 is 14.9 Å². The van der Waals surface area contributed by atoms with E-state index in [1.165, 1.54) is 6.08 Å². The summed E-state index contributed by atoms with van der Waals surface area (Å²) in [7, 11) is 0. The van der Waals surface area contributed by atoms with Gasteiger partial charge >= 0.3 is 5.97 Å². The third kappa shape index (κ3) is 1.58. The number of ketones is 1. The van der Waals surface area contributed by atoms with Crippen molar-refractivity contribution in [2.75, 3.05) is 0 Å². The predicted molar refractivity (Wildman–Crippen MR) is 90.4 cm³/mol. The van der Waals surface area contributed by atoms with E-state index in [1.54, 1.807) is 6.92 Å². The van der Waals surface area contributed by atoms with Crippen LogP contribution < -0.4 is 0 Å². The summed E-state index contributed by atoms with van der Waals surface area (Å²) in [4.78, 5) is 25.5. The molecule has 1 aliphatic heterocycles.